The molecule has 0 spiro atoms. The molecule has 2 aliphatic heterocycles. The average Bonchev–Trinajstić information content (AvgIpc) is 3.21. The lowest BCUT2D eigenvalue weighted by atomic mass is 9.72. The van der Waals surface area contributed by atoms with Gasteiger partial charge in [0.15, 0.2) is 0 Å². The molecule has 5 rings (SSSR count). The standard InChI is InChI=1S/C30H38N4O2/c1-4-21(9-13-33-36)17-25(35)34-14-10-22(11-15-34)28-27-24(8-7-23-6-5-12-31-30(23)28)16-19(2)29-26(27)20(3)18-32-29/h4-6,9,12-13,16,18,22,28,30-33,36H,7-8,10-11,14-15,17H2,1-3H3/b13-9-,21-4+. The van der Waals surface area contributed by atoms with Crippen molar-refractivity contribution in [1.29, 1.82) is 0 Å². The second kappa shape index (κ2) is 10.4. The number of hydrogen-bond donors (Lipinski definition) is 4. The number of aromatic nitrogens is 1. The number of amides is 1. The number of nitrogens with zero attached hydrogens (tertiary/aromatic N) is 1. The van der Waals surface area contributed by atoms with E-state index in [1.54, 1.807) is 6.08 Å². The number of H-pyrrole nitrogens is 1. The lowest BCUT2D eigenvalue weighted by Crippen LogP contribution is -2.44. The maximum Gasteiger partial charge on any atom is 0.226 e. The minimum atomic E-state index is 0.157. The number of benzene rings is 1. The summed E-state index contributed by atoms with van der Waals surface area (Å²) >= 11 is 0. The molecule has 6 nitrogen and oxygen atoms in total. The summed E-state index contributed by atoms with van der Waals surface area (Å²) in [5.41, 5.74) is 11.3. The molecule has 0 saturated carbocycles. The molecule has 1 fully saturated rings. The fourth-order valence-electron chi connectivity index (χ4n) is 6.60. The number of piperidine rings is 1. The zero-order valence-corrected chi connectivity index (χ0v) is 21.6. The van der Waals surface area contributed by atoms with Gasteiger partial charge in [-0.3, -0.25) is 15.5 Å². The molecule has 4 N–H and O–H groups in total. The van der Waals surface area contributed by atoms with Gasteiger partial charge in [-0.1, -0.05) is 18.2 Å². The van der Waals surface area contributed by atoms with Crippen LogP contribution in [0, 0.1) is 19.8 Å². The molecular formula is C30H38N4O2. The predicted molar refractivity (Wildman–Crippen MR) is 145 cm³/mol. The average molecular weight is 487 g/mol. The van der Waals surface area contributed by atoms with Crippen LogP contribution in [0.1, 0.15) is 60.8 Å². The van der Waals surface area contributed by atoms with E-state index in [4.69, 9.17) is 5.21 Å². The number of rotatable bonds is 5. The van der Waals surface area contributed by atoms with Gasteiger partial charge < -0.3 is 15.2 Å². The van der Waals surface area contributed by atoms with Crippen molar-refractivity contribution >= 4 is 16.8 Å². The topological polar surface area (TPSA) is 80.4 Å². The third-order valence-electron chi connectivity index (χ3n) is 8.43. The Labute approximate surface area is 213 Å². The second-order valence-electron chi connectivity index (χ2n) is 10.5. The molecule has 36 heavy (non-hydrogen) atoms. The largest absolute Gasteiger partial charge is 0.384 e. The molecule has 2 atom stereocenters. The maximum absolute atomic E-state index is 13.1. The lowest BCUT2D eigenvalue weighted by molar-refractivity contribution is -0.131. The Balaban J connectivity index is 1.44. The van der Waals surface area contributed by atoms with Gasteiger partial charge in [-0.25, -0.2) is 0 Å². The molecule has 1 amide bonds. The number of hydrogen-bond acceptors (Lipinski definition) is 4. The van der Waals surface area contributed by atoms with E-state index in [-0.39, 0.29) is 5.91 Å². The molecule has 0 radical (unpaired) electrons. The zero-order valence-electron chi connectivity index (χ0n) is 21.6. The van der Waals surface area contributed by atoms with Crippen LogP contribution in [0.4, 0.5) is 0 Å². The summed E-state index contributed by atoms with van der Waals surface area (Å²) in [5, 5.41) is 14.0. The van der Waals surface area contributed by atoms with Crippen LogP contribution in [0.2, 0.25) is 0 Å². The highest BCUT2D eigenvalue weighted by Gasteiger charge is 2.40. The fraction of sp³-hybridized carbons (Fsp3) is 0.433. The summed E-state index contributed by atoms with van der Waals surface area (Å²) in [7, 11) is 0. The van der Waals surface area contributed by atoms with E-state index in [1.807, 2.05) is 23.4 Å². The Morgan fingerprint density at radius 3 is 2.78 bits per heavy atom. The number of carbonyl (C=O) groups excluding carboxylic acids is 1. The molecule has 3 aliphatic rings. The number of hydroxylamine groups is 1. The lowest BCUT2D eigenvalue weighted by Gasteiger charge is -2.41. The minimum Gasteiger partial charge on any atom is -0.384 e. The number of allylic oxidation sites excluding steroid dienone is 4. The van der Waals surface area contributed by atoms with Crippen LogP contribution in [-0.2, 0) is 11.2 Å². The van der Waals surface area contributed by atoms with Crippen molar-refractivity contribution in [1.82, 2.24) is 20.7 Å². The summed E-state index contributed by atoms with van der Waals surface area (Å²) in [6.45, 7) is 7.95. The molecule has 190 valence electrons. The Bertz CT molecular complexity index is 1260. The quantitative estimate of drug-likeness (QED) is 0.342. The summed E-state index contributed by atoms with van der Waals surface area (Å²) in [5.74, 6) is 1.03. The van der Waals surface area contributed by atoms with Gasteiger partial charge in [-0.2, -0.15) is 0 Å². The summed E-state index contributed by atoms with van der Waals surface area (Å²) in [6.07, 6.45) is 18.4. The minimum absolute atomic E-state index is 0.157. The molecule has 2 unspecified atom stereocenters. The number of dihydropyridines is 1. The van der Waals surface area contributed by atoms with Crippen LogP contribution < -0.4 is 10.8 Å². The molecule has 0 bridgehead atoms. The number of fused-ring (bicyclic) bond motifs is 4. The summed E-state index contributed by atoms with van der Waals surface area (Å²) in [6, 6.07) is 2.72. The van der Waals surface area contributed by atoms with Gasteiger partial charge in [0.1, 0.15) is 0 Å². The van der Waals surface area contributed by atoms with E-state index in [2.05, 4.69) is 54.8 Å². The van der Waals surface area contributed by atoms with E-state index in [9.17, 15) is 4.79 Å². The number of aromatic amines is 1. The van der Waals surface area contributed by atoms with E-state index in [0.717, 1.165) is 44.3 Å². The normalized spacial score (nSPS) is 22.7. The molecule has 1 aromatic carbocycles. The first-order valence-electron chi connectivity index (χ1n) is 13.2. The number of aryl methyl sites for hydroxylation is 3. The van der Waals surface area contributed by atoms with E-state index in [1.165, 1.54) is 44.9 Å². The van der Waals surface area contributed by atoms with E-state index >= 15 is 0 Å². The molecular weight excluding hydrogens is 448 g/mol. The maximum atomic E-state index is 13.1. The van der Waals surface area contributed by atoms with Gasteiger partial charge >= 0.3 is 0 Å². The van der Waals surface area contributed by atoms with Crippen molar-refractivity contribution in [3.05, 3.63) is 82.4 Å². The van der Waals surface area contributed by atoms with Gasteiger partial charge in [0, 0.05) is 42.3 Å². The Hall–Kier alpha value is -3.25. The first kappa shape index (κ1) is 24.4. The smallest absolute Gasteiger partial charge is 0.226 e. The molecule has 1 saturated heterocycles. The van der Waals surface area contributed by atoms with Gasteiger partial charge in [-0.05, 0) is 104 Å². The van der Waals surface area contributed by atoms with Crippen molar-refractivity contribution in [3.8, 4) is 0 Å². The van der Waals surface area contributed by atoms with Crippen LogP contribution in [0.25, 0.3) is 10.9 Å². The van der Waals surface area contributed by atoms with Crippen LogP contribution in [-0.4, -0.2) is 40.1 Å². The van der Waals surface area contributed by atoms with Gasteiger partial charge in [0.05, 0.1) is 12.5 Å². The van der Waals surface area contributed by atoms with Gasteiger partial charge in [-0.15, -0.1) is 0 Å². The van der Waals surface area contributed by atoms with E-state index in [0.29, 0.717) is 24.3 Å². The molecule has 1 aliphatic carbocycles. The highest BCUT2D eigenvalue weighted by molar-refractivity contribution is 5.91. The Kier molecular flexibility index (Phi) is 7.06. The first-order valence-corrected chi connectivity index (χ1v) is 13.2. The number of nitrogens with one attached hydrogen (secondary N) is 3. The van der Waals surface area contributed by atoms with E-state index < -0.39 is 0 Å². The third kappa shape index (κ3) is 4.50. The summed E-state index contributed by atoms with van der Waals surface area (Å²) < 4.78 is 0. The van der Waals surface area contributed by atoms with Crippen molar-refractivity contribution in [2.45, 2.75) is 64.8 Å². The molecule has 2 aromatic rings. The number of carbonyl (C=O) groups is 1. The predicted octanol–water partition coefficient (Wildman–Crippen LogP) is 5.29. The van der Waals surface area contributed by atoms with Crippen molar-refractivity contribution in [2.75, 3.05) is 13.1 Å². The second-order valence-corrected chi connectivity index (χ2v) is 10.5. The molecule has 1 aromatic heterocycles. The molecule has 3 heterocycles. The number of likely N-dealkylation sites (tertiary alicyclic amines) is 1. The third-order valence-corrected chi connectivity index (χ3v) is 8.43. The summed E-state index contributed by atoms with van der Waals surface area (Å²) in [4.78, 5) is 18.6. The first-order chi connectivity index (χ1) is 17.5. The molecule has 6 heteroatoms. The van der Waals surface area contributed by atoms with Gasteiger partial charge in [0.2, 0.25) is 5.91 Å². The monoisotopic (exact) mass is 486 g/mol. The van der Waals surface area contributed by atoms with Gasteiger partial charge in [0.25, 0.3) is 0 Å². The highest BCUT2D eigenvalue weighted by atomic mass is 16.5. The Morgan fingerprint density at radius 2 is 2.03 bits per heavy atom. The van der Waals surface area contributed by atoms with Crippen LogP contribution in [0.3, 0.4) is 0 Å². The van der Waals surface area contributed by atoms with Crippen LogP contribution in [0.15, 0.2) is 60.1 Å². The fourth-order valence-corrected chi connectivity index (χ4v) is 6.60. The van der Waals surface area contributed by atoms with Crippen molar-refractivity contribution < 1.29 is 10.0 Å². The van der Waals surface area contributed by atoms with Crippen LogP contribution >= 0.6 is 0 Å². The zero-order chi connectivity index (χ0) is 25.2. The van der Waals surface area contributed by atoms with Crippen molar-refractivity contribution in [2.24, 2.45) is 5.92 Å². The highest BCUT2D eigenvalue weighted by Crippen LogP contribution is 2.47. The Morgan fingerprint density at radius 1 is 1.22 bits per heavy atom. The SMILES string of the molecule is C/C=C(\C=C/NO)CC(=O)N1CCC(C2c3c(cc(C)c4[nH]cc(C)c34)CCC3=CC=CNC32)CC1. The van der Waals surface area contributed by atoms with Crippen LogP contribution in [0.5, 0.6) is 0 Å². The van der Waals surface area contributed by atoms with Crippen molar-refractivity contribution in [3.63, 3.8) is 0 Å².